The lowest BCUT2D eigenvalue weighted by Gasteiger charge is -2.18. The first-order valence-corrected chi connectivity index (χ1v) is 7.26. The van der Waals surface area contributed by atoms with Gasteiger partial charge in [0.05, 0.1) is 11.3 Å². The zero-order valence-electron chi connectivity index (χ0n) is 13.2. The van der Waals surface area contributed by atoms with Crippen LogP contribution in [0.15, 0.2) is 0 Å². The molecule has 1 amide bonds. The van der Waals surface area contributed by atoms with E-state index >= 15 is 0 Å². The van der Waals surface area contributed by atoms with Crippen molar-refractivity contribution in [2.75, 3.05) is 13.2 Å². The Kier molecular flexibility index (Phi) is 6.20. The molecule has 1 unspecified atom stereocenters. The van der Waals surface area contributed by atoms with E-state index in [-0.39, 0.29) is 12.5 Å². The minimum Gasteiger partial charge on any atom is -0.396 e. The maximum Gasteiger partial charge on any atom is 0.255 e. The van der Waals surface area contributed by atoms with E-state index in [1.54, 1.807) is 4.68 Å². The van der Waals surface area contributed by atoms with Crippen molar-refractivity contribution in [3.8, 4) is 0 Å². The standard InChI is InChI=1S/C15H27N3O2/c1-10(2)8-13(6-7-19)9-16-15(20)14-11(3)17-18(5)12(14)4/h10,13,19H,6-9H2,1-5H3,(H,16,20). The van der Waals surface area contributed by atoms with Crippen LogP contribution in [0, 0.1) is 25.7 Å². The molecular weight excluding hydrogens is 254 g/mol. The third kappa shape index (κ3) is 4.34. The van der Waals surface area contributed by atoms with Crippen LogP contribution in [0.3, 0.4) is 0 Å². The summed E-state index contributed by atoms with van der Waals surface area (Å²) in [6, 6.07) is 0. The second-order valence-corrected chi connectivity index (χ2v) is 5.89. The van der Waals surface area contributed by atoms with Gasteiger partial charge in [0, 0.05) is 25.9 Å². The van der Waals surface area contributed by atoms with Crippen LogP contribution < -0.4 is 5.32 Å². The van der Waals surface area contributed by atoms with Gasteiger partial charge in [0.15, 0.2) is 0 Å². The van der Waals surface area contributed by atoms with Crippen molar-refractivity contribution in [2.24, 2.45) is 18.9 Å². The van der Waals surface area contributed by atoms with Gasteiger partial charge >= 0.3 is 0 Å². The van der Waals surface area contributed by atoms with E-state index in [2.05, 4.69) is 24.3 Å². The zero-order valence-corrected chi connectivity index (χ0v) is 13.2. The van der Waals surface area contributed by atoms with Gasteiger partial charge in [0.25, 0.3) is 5.91 Å². The van der Waals surface area contributed by atoms with Gasteiger partial charge in [-0.1, -0.05) is 13.8 Å². The van der Waals surface area contributed by atoms with Crippen LogP contribution >= 0.6 is 0 Å². The molecule has 5 heteroatoms. The number of hydrogen-bond donors (Lipinski definition) is 2. The van der Waals surface area contributed by atoms with Gasteiger partial charge in [-0.3, -0.25) is 9.48 Å². The Bertz CT molecular complexity index is 452. The molecule has 2 N–H and O–H groups in total. The first-order valence-electron chi connectivity index (χ1n) is 7.26. The molecule has 1 aromatic heterocycles. The highest BCUT2D eigenvalue weighted by Gasteiger charge is 2.18. The smallest absolute Gasteiger partial charge is 0.255 e. The molecule has 1 heterocycles. The van der Waals surface area contributed by atoms with Crippen molar-refractivity contribution in [2.45, 2.75) is 40.5 Å². The molecule has 0 aliphatic heterocycles. The number of aliphatic hydroxyl groups excluding tert-OH is 1. The summed E-state index contributed by atoms with van der Waals surface area (Å²) in [6.07, 6.45) is 1.73. The van der Waals surface area contributed by atoms with E-state index in [4.69, 9.17) is 5.11 Å². The van der Waals surface area contributed by atoms with Gasteiger partial charge < -0.3 is 10.4 Å². The topological polar surface area (TPSA) is 67.2 Å². The van der Waals surface area contributed by atoms with E-state index in [0.29, 0.717) is 23.9 Å². The van der Waals surface area contributed by atoms with Crippen molar-refractivity contribution >= 4 is 5.91 Å². The number of carbonyl (C=O) groups is 1. The van der Waals surface area contributed by atoms with Gasteiger partial charge in [-0.25, -0.2) is 0 Å². The van der Waals surface area contributed by atoms with E-state index in [9.17, 15) is 4.79 Å². The number of amides is 1. The molecule has 0 radical (unpaired) electrons. The molecule has 1 aromatic rings. The highest BCUT2D eigenvalue weighted by Crippen LogP contribution is 2.16. The van der Waals surface area contributed by atoms with E-state index in [0.717, 1.165) is 24.2 Å². The summed E-state index contributed by atoms with van der Waals surface area (Å²) < 4.78 is 1.73. The van der Waals surface area contributed by atoms with E-state index < -0.39 is 0 Å². The summed E-state index contributed by atoms with van der Waals surface area (Å²) in [7, 11) is 1.84. The summed E-state index contributed by atoms with van der Waals surface area (Å²) in [6.45, 7) is 8.82. The summed E-state index contributed by atoms with van der Waals surface area (Å²) in [5, 5.41) is 16.3. The number of nitrogens with zero attached hydrogens (tertiary/aromatic N) is 2. The molecule has 1 atom stereocenters. The Morgan fingerprint density at radius 1 is 1.40 bits per heavy atom. The summed E-state index contributed by atoms with van der Waals surface area (Å²) in [5.74, 6) is 0.811. The van der Waals surface area contributed by atoms with Gasteiger partial charge in [-0.05, 0) is 38.5 Å². The molecule has 1 rings (SSSR count). The number of nitrogens with one attached hydrogen (secondary N) is 1. The molecule has 5 nitrogen and oxygen atoms in total. The first kappa shape index (κ1) is 16.7. The normalized spacial score (nSPS) is 12.8. The molecule has 0 saturated carbocycles. The van der Waals surface area contributed by atoms with Crippen LogP contribution in [0.4, 0.5) is 0 Å². The second kappa shape index (κ2) is 7.43. The van der Waals surface area contributed by atoms with Gasteiger partial charge in [0.2, 0.25) is 0 Å². The number of hydrogen-bond acceptors (Lipinski definition) is 3. The highest BCUT2D eigenvalue weighted by atomic mass is 16.3. The Morgan fingerprint density at radius 3 is 2.50 bits per heavy atom. The van der Waals surface area contributed by atoms with Gasteiger partial charge in [-0.2, -0.15) is 5.10 Å². The monoisotopic (exact) mass is 281 g/mol. The maximum atomic E-state index is 12.3. The number of aliphatic hydroxyl groups is 1. The third-order valence-corrected chi connectivity index (χ3v) is 3.63. The van der Waals surface area contributed by atoms with Crippen LogP contribution in [0.1, 0.15) is 48.4 Å². The Morgan fingerprint density at radius 2 is 2.05 bits per heavy atom. The molecule has 0 saturated heterocycles. The lowest BCUT2D eigenvalue weighted by Crippen LogP contribution is -2.31. The lowest BCUT2D eigenvalue weighted by molar-refractivity contribution is 0.0940. The van der Waals surface area contributed by atoms with Crippen LogP contribution in [0.25, 0.3) is 0 Å². The van der Waals surface area contributed by atoms with Crippen LogP contribution in [-0.4, -0.2) is 33.9 Å². The first-order chi connectivity index (χ1) is 9.36. The van der Waals surface area contributed by atoms with Gasteiger partial charge in [-0.15, -0.1) is 0 Å². The van der Waals surface area contributed by atoms with Crippen molar-refractivity contribution in [3.63, 3.8) is 0 Å². The maximum absolute atomic E-state index is 12.3. The molecule has 20 heavy (non-hydrogen) atoms. The summed E-state index contributed by atoms with van der Waals surface area (Å²) in [4.78, 5) is 12.3. The summed E-state index contributed by atoms with van der Waals surface area (Å²) >= 11 is 0. The van der Waals surface area contributed by atoms with Crippen LogP contribution in [0.5, 0.6) is 0 Å². The fraction of sp³-hybridized carbons (Fsp3) is 0.733. The van der Waals surface area contributed by atoms with E-state index in [1.807, 2.05) is 20.9 Å². The van der Waals surface area contributed by atoms with Crippen LogP contribution in [-0.2, 0) is 7.05 Å². The molecule has 0 fully saturated rings. The predicted molar refractivity (Wildman–Crippen MR) is 79.7 cm³/mol. The highest BCUT2D eigenvalue weighted by molar-refractivity contribution is 5.96. The van der Waals surface area contributed by atoms with Gasteiger partial charge in [0.1, 0.15) is 0 Å². The number of rotatable bonds is 7. The largest absolute Gasteiger partial charge is 0.396 e. The fourth-order valence-corrected chi connectivity index (χ4v) is 2.58. The Hall–Kier alpha value is -1.36. The van der Waals surface area contributed by atoms with Crippen molar-refractivity contribution in [3.05, 3.63) is 17.0 Å². The number of carbonyl (C=O) groups excluding carboxylic acids is 1. The molecular formula is C15H27N3O2. The minimum atomic E-state index is -0.0696. The SMILES string of the molecule is Cc1nn(C)c(C)c1C(=O)NCC(CCO)CC(C)C. The molecule has 0 aliphatic carbocycles. The fourth-order valence-electron chi connectivity index (χ4n) is 2.58. The third-order valence-electron chi connectivity index (χ3n) is 3.63. The summed E-state index contributed by atoms with van der Waals surface area (Å²) in [5.41, 5.74) is 2.30. The lowest BCUT2D eigenvalue weighted by atomic mass is 9.94. The Balaban J connectivity index is 2.65. The van der Waals surface area contributed by atoms with Crippen molar-refractivity contribution in [1.29, 1.82) is 0 Å². The predicted octanol–water partition coefficient (Wildman–Crippen LogP) is 1.81. The van der Waals surface area contributed by atoms with Crippen LogP contribution in [0.2, 0.25) is 0 Å². The number of aryl methyl sites for hydroxylation is 2. The second-order valence-electron chi connectivity index (χ2n) is 5.89. The minimum absolute atomic E-state index is 0.0696. The molecule has 0 aromatic carbocycles. The molecule has 114 valence electrons. The quantitative estimate of drug-likeness (QED) is 0.801. The molecule has 0 spiro atoms. The number of aromatic nitrogens is 2. The zero-order chi connectivity index (χ0) is 15.3. The molecule has 0 aliphatic rings. The average molecular weight is 281 g/mol. The van der Waals surface area contributed by atoms with Crippen molar-refractivity contribution < 1.29 is 9.90 Å². The van der Waals surface area contributed by atoms with E-state index in [1.165, 1.54) is 0 Å². The molecule has 0 bridgehead atoms. The average Bonchev–Trinajstić information content (AvgIpc) is 2.60. The Labute approximate surface area is 121 Å². The van der Waals surface area contributed by atoms with Crippen molar-refractivity contribution in [1.82, 2.24) is 15.1 Å².